The third-order valence-electron chi connectivity index (χ3n) is 2.16. The number of carboxylic acids is 1. The van der Waals surface area contributed by atoms with Crippen LogP contribution in [0, 0.1) is 0 Å². The van der Waals surface area contributed by atoms with E-state index in [0.717, 1.165) is 12.3 Å². The molecule has 2 heterocycles. The summed E-state index contributed by atoms with van der Waals surface area (Å²) in [5, 5.41) is 14.1. The Hall–Kier alpha value is -2.38. The number of nitrogens with one attached hydrogen (secondary N) is 1. The molecule has 0 aromatic carbocycles. The van der Waals surface area contributed by atoms with E-state index in [1.54, 1.807) is 0 Å². The second kappa shape index (κ2) is 4.13. The predicted molar refractivity (Wildman–Crippen MR) is 53.8 cm³/mol. The maximum absolute atomic E-state index is 12.3. The van der Waals surface area contributed by atoms with E-state index in [1.807, 2.05) is 5.10 Å². The molecule has 0 unspecified atom stereocenters. The van der Waals surface area contributed by atoms with Crippen molar-refractivity contribution >= 4 is 5.97 Å². The van der Waals surface area contributed by atoms with Crippen LogP contribution in [-0.2, 0) is 6.18 Å². The van der Waals surface area contributed by atoms with Gasteiger partial charge < -0.3 is 5.11 Å². The van der Waals surface area contributed by atoms with Crippen molar-refractivity contribution in [3.63, 3.8) is 0 Å². The highest BCUT2D eigenvalue weighted by molar-refractivity contribution is 5.88. The van der Waals surface area contributed by atoms with Crippen LogP contribution in [-0.4, -0.2) is 26.3 Å². The van der Waals surface area contributed by atoms with Gasteiger partial charge in [-0.1, -0.05) is 0 Å². The number of aromatic nitrogens is 3. The van der Waals surface area contributed by atoms with E-state index in [1.165, 1.54) is 12.3 Å². The lowest BCUT2D eigenvalue weighted by Crippen LogP contribution is -2.04. The van der Waals surface area contributed by atoms with Crippen molar-refractivity contribution < 1.29 is 23.1 Å². The molecule has 94 valence electrons. The van der Waals surface area contributed by atoms with Crippen LogP contribution < -0.4 is 0 Å². The standard InChI is InChI=1S/C10H6F3N3O2/c11-10(12,13)8-2-7(15-16-8)5-1-6(9(17)18)4-14-3-5/h1-4H,(H,15,16)(H,17,18). The van der Waals surface area contributed by atoms with E-state index in [2.05, 4.69) is 10.1 Å². The Labute approximate surface area is 98.3 Å². The topological polar surface area (TPSA) is 78.9 Å². The highest BCUT2D eigenvalue weighted by Crippen LogP contribution is 2.30. The molecule has 18 heavy (non-hydrogen) atoms. The van der Waals surface area contributed by atoms with Gasteiger partial charge in [-0.25, -0.2) is 4.79 Å². The number of nitrogens with zero attached hydrogens (tertiary/aromatic N) is 2. The minimum Gasteiger partial charge on any atom is -0.478 e. The fraction of sp³-hybridized carbons (Fsp3) is 0.100. The third-order valence-corrected chi connectivity index (χ3v) is 2.16. The lowest BCUT2D eigenvalue weighted by molar-refractivity contribution is -0.141. The van der Waals surface area contributed by atoms with Crippen molar-refractivity contribution in [1.29, 1.82) is 0 Å². The first-order valence-electron chi connectivity index (χ1n) is 4.69. The molecule has 2 rings (SSSR count). The summed E-state index contributed by atoms with van der Waals surface area (Å²) in [5.41, 5.74) is -0.943. The van der Waals surface area contributed by atoms with Crippen LogP contribution in [0.15, 0.2) is 24.5 Å². The maximum Gasteiger partial charge on any atom is 0.432 e. The van der Waals surface area contributed by atoms with Crippen LogP contribution in [0.2, 0.25) is 0 Å². The zero-order valence-corrected chi connectivity index (χ0v) is 8.69. The Morgan fingerprint density at radius 2 is 2.00 bits per heavy atom. The fourth-order valence-electron chi connectivity index (χ4n) is 1.31. The second-order valence-electron chi connectivity index (χ2n) is 3.43. The van der Waals surface area contributed by atoms with Crippen LogP contribution >= 0.6 is 0 Å². The molecule has 0 aliphatic heterocycles. The van der Waals surface area contributed by atoms with Crippen molar-refractivity contribution in [2.24, 2.45) is 0 Å². The fourth-order valence-corrected chi connectivity index (χ4v) is 1.31. The van der Waals surface area contributed by atoms with Gasteiger partial charge in [-0.3, -0.25) is 10.1 Å². The number of carboxylic acid groups (broad SMARTS) is 1. The van der Waals surface area contributed by atoms with Gasteiger partial charge in [0.15, 0.2) is 0 Å². The van der Waals surface area contributed by atoms with Gasteiger partial charge in [0.05, 0.1) is 11.3 Å². The van der Waals surface area contributed by atoms with Crippen LogP contribution in [0.5, 0.6) is 0 Å². The van der Waals surface area contributed by atoms with Crippen LogP contribution in [0.3, 0.4) is 0 Å². The number of aromatic amines is 1. The van der Waals surface area contributed by atoms with Crippen LogP contribution in [0.4, 0.5) is 13.2 Å². The van der Waals surface area contributed by atoms with E-state index >= 15 is 0 Å². The Morgan fingerprint density at radius 3 is 2.56 bits per heavy atom. The summed E-state index contributed by atoms with van der Waals surface area (Å²) in [6.07, 6.45) is -2.19. The molecule has 0 bridgehead atoms. The first kappa shape index (κ1) is 12.1. The monoisotopic (exact) mass is 257 g/mol. The number of hydrogen-bond acceptors (Lipinski definition) is 3. The van der Waals surface area contributed by atoms with E-state index in [-0.39, 0.29) is 16.8 Å². The predicted octanol–water partition coefficient (Wildman–Crippen LogP) is 2.19. The van der Waals surface area contributed by atoms with Gasteiger partial charge >= 0.3 is 12.1 Å². The molecule has 0 saturated carbocycles. The normalized spacial score (nSPS) is 11.5. The van der Waals surface area contributed by atoms with Gasteiger partial charge in [-0.05, 0) is 12.1 Å². The summed E-state index contributed by atoms with van der Waals surface area (Å²) in [5.74, 6) is -1.21. The smallest absolute Gasteiger partial charge is 0.432 e. The van der Waals surface area contributed by atoms with E-state index in [9.17, 15) is 18.0 Å². The molecular weight excluding hydrogens is 251 g/mol. The average Bonchev–Trinajstić information content (AvgIpc) is 2.78. The molecule has 2 N–H and O–H groups in total. The van der Waals surface area contributed by atoms with Gasteiger partial charge in [0.25, 0.3) is 0 Å². The van der Waals surface area contributed by atoms with Gasteiger partial charge in [0, 0.05) is 18.0 Å². The number of pyridine rings is 1. The lowest BCUT2D eigenvalue weighted by Gasteiger charge is -2.00. The van der Waals surface area contributed by atoms with Crippen molar-refractivity contribution in [2.75, 3.05) is 0 Å². The number of halogens is 3. The third kappa shape index (κ3) is 2.31. The van der Waals surface area contributed by atoms with Gasteiger partial charge in [-0.2, -0.15) is 18.3 Å². The SMILES string of the molecule is O=C(O)c1cncc(-c2cc(C(F)(F)F)[nH]n2)c1. The maximum atomic E-state index is 12.3. The number of alkyl halides is 3. The molecule has 0 aliphatic carbocycles. The van der Waals surface area contributed by atoms with Crippen molar-refractivity contribution in [3.05, 3.63) is 35.8 Å². The molecular formula is C10H6F3N3O2. The Bertz CT molecular complexity index is 592. The summed E-state index contributed by atoms with van der Waals surface area (Å²) in [6.45, 7) is 0. The van der Waals surface area contributed by atoms with Crippen molar-refractivity contribution in [2.45, 2.75) is 6.18 Å². The Balaban J connectivity index is 2.40. The average molecular weight is 257 g/mol. The zero-order valence-electron chi connectivity index (χ0n) is 8.69. The first-order valence-corrected chi connectivity index (χ1v) is 4.69. The molecule has 0 atom stereocenters. The van der Waals surface area contributed by atoms with Crippen molar-refractivity contribution in [1.82, 2.24) is 15.2 Å². The van der Waals surface area contributed by atoms with Crippen LogP contribution in [0.25, 0.3) is 11.3 Å². The molecule has 8 heteroatoms. The molecule has 0 aliphatic rings. The molecule has 0 spiro atoms. The number of carbonyl (C=O) groups is 1. The summed E-state index contributed by atoms with van der Waals surface area (Å²) >= 11 is 0. The number of rotatable bonds is 2. The van der Waals surface area contributed by atoms with Gasteiger partial charge in [0.1, 0.15) is 5.69 Å². The van der Waals surface area contributed by atoms with Crippen molar-refractivity contribution in [3.8, 4) is 11.3 Å². The minimum atomic E-state index is -4.52. The van der Waals surface area contributed by atoms with E-state index < -0.39 is 17.8 Å². The van der Waals surface area contributed by atoms with Gasteiger partial charge in [0.2, 0.25) is 0 Å². The van der Waals surface area contributed by atoms with Gasteiger partial charge in [-0.15, -0.1) is 0 Å². The minimum absolute atomic E-state index is 0.0158. The highest BCUT2D eigenvalue weighted by atomic mass is 19.4. The molecule has 0 amide bonds. The molecule has 5 nitrogen and oxygen atoms in total. The Morgan fingerprint density at radius 1 is 1.28 bits per heavy atom. The molecule has 0 saturated heterocycles. The highest BCUT2D eigenvalue weighted by Gasteiger charge is 2.33. The lowest BCUT2D eigenvalue weighted by atomic mass is 10.1. The molecule has 2 aromatic heterocycles. The Kier molecular flexibility index (Phi) is 2.77. The summed E-state index contributed by atoms with van der Waals surface area (Å²) in [7, 11) is 0. The first-order chi connectivity index (χ1) is 8.38. The quantitative estimate of drug-likeness (QED) is 0.864. The zero-order chi connectivity index (χ0) is 13.3. The molecule has 2 aromatic rings. The number of hydrogen-bond donors (Lipinski definition) is 2. The summed E-state index contributed by atoms with van der Waals surface area (Å²) in [4.78, 5) is 14.3. The summed E-state index contributed by atoms with van der Waals surface area (Å²) in [6, 6.07) is 1.99. The summed E-state index contributed by atoms with van der Waals surface area (Å²) < 4.78 is 37.0. The molecule has 0 radical (unpaired) electrons. The number of H-pyrrole nitrogens is 1. The molecule has 0 fully saturated rings. The number of aromatic carboxylic acids is 1. The largest absolute Gasteiger partial charge is 0.478 e. The van der Waals surface area contributed by atoms with E-state index in [4.69, 9.17) is 5.11 Å². The van der Waals surface area contributed by atoms with E-state index in [0.29, 0.717) is 0 Å². The second-order valence-corrected chi connectivity index (χ2v) is 3.43. The van der Waals surface area contributed by atoms with Crippen LogP contribution in [0.1, 0.15) is 16.1 Å².